The van der Waals surface area contributed by atoms with Crippen molar-refractivity contribution >= 4 is 34.4 Å². The van der Waals surface area contributed by atoms with Crippen LogP contribution in [0.4, 0.5) is 4.79 Å². The van der Waals surface area contributed by atoms with Gasteiger partial charge in [-0.2, -0.15) is 0 Å². The maximum atomic E-state index is 13.3. The lowest BCUT2D eigenvalue weighted by atomic mass is 9.81. The Morgan fingerprint density at radius 3 is 2.16 bits per heavy atom. The summed E-state index contributed by atoms with van der Waals surface area (Å²) in [4.78, 5) is 35.1. The third kappa shape index (κ3) is 6.43. The van der Waals surface area contributed by atoms with Crippen LogP contribution in [0.15, 0.2) is 17.6 Å². The van der Waals surface area contributed by atoms with Crippen LogP contribution in [-0.2, 0) is 28.7 Å². The van der Waals surface area contributed by atoms with Gasteiger partial charge < -0.3 is 24.3 Å². The first kappa shape index (κ1) is 29.3. The number of hydrogen-bond donors (Lipinski definition) is 1. The van der Waals surface area contributed by atoms with Crippen LogP contribution in [0.1, 0.15) is 68.7 Å². The number of carbonyl (C=O) groups is 2. The molecule has 2 fully saturated rings. The molecule has 2 unspecified atom stereocenters. The molecule has 2 saturated heterocycles. The molecule has 0 saturated carbocycles. The highest BCUT2D eigenvalue weighted by atomic mass is 32.2. The molecule has 2 aliphatic rings. The zero-order chi connectivity index (χ0) is 28.0. The molecule has 0 bridgehead atoms. The molecule has 1 N–H and O–H groups in total. The van der Waals surface area contributed by atoms with E-state index in [2.05, 4.69) is 15.3 Å². The van der Waals surface area contributed by atoms with E-state index in [9.17, 15) is 18.0 Å². The fourth-order valence-electron chi connectivity index (χ4n) is 4.05. The predicted octanol–water partition coefficient (Wildman–Crippen LogP) is 1.70. The van der Waals surface area contributed by atoms with Crippen LogP contribution in [0.2, 0.25) is 0 Å². The van der Waals surface area contributed by atoms with E-state index < -0.39 is 51.1 Å². The molecular formula is C24H39BN4O7S. The van der Waals surface area contributed by atoms with Crippen molar-refractivity contribution in [3.8, 4) is 0 Å². The van der Waals surface area contributed by atoms with Crippen LogP contribution in [0, 0.1) is 5.92 Å². The summed E-state index contributed by atoms with van der Waals surface area (Å²) in [6.07, 6.45) is 2.35. The molecule has 0 aliphatic carbocycles. The summed E-state index contributed by atoms with van der Waals surface area (Å²) in [7, 11) is -4.60. The number of alkyl carbamates (subject to hydrolysis) is 1. The van der Waals surface area contributed by atoms with E-state index in [4.69, 9.17) is 14.0 Å². The normalized spacial score (nSPS) is 22.3. The molecule has 206 valence electrons. The van der Waals surface area contributed by atoms with Gasteiger partial charge in [0.2, 0.25) is 20.9 Å². The average molecular weight is 538 g/mol. The molecule has 37 heavy (non-hydrogen) atoms. The summed E-state index contributed by atoms with van der Waals surface area (Å²) in [6, 6.07) is -0.841. The monoisotopic (exact) mass is 538 g/mol. The first-order valence-corrected chi connectivity index (χ1v) is 14.1. The third-order valence-electron chi connectivity index (χ3n) is 6.93. The van der Waals surface area contributed by atoms with E-state index in [-0.39, 0.29) is 36.5 Å². The largest absolute Gasteiger partial charge is 0.498 e. The Labute approximate surface area is 220 Å². The number of rotatable bonds is 6. The minimum atomic E-state index is -3.89. The quantitative estimate of drug-likeness (QED) is 0.424. The van der Waals surface area contributed by atoms with Gasteiger partial charge in [-0.25, -0.2) is 23.2 Å². The fraction of sp³-hybridized carbons (Fsp3) is 0.750. The number of nitrogens with one attached hydrogen (secondary N) is 1. The second kappa shape index (κ2) is 10.1. The Bertz CT molecular complexity index is 1100. The van der Waals surface area contributed by atoms with Crippen molar-refractivity contribution in [1.82, 2.24) is 20.2 Å². The smallest absolute Gasteiger partial charge is 0.444 e. The van der Waals surface area contributed by atoms with Gasteiger partial charge in [0.25, 0.3) is 0 Å². The van der Waals surface area contributed by atoms with Crippen LogP contribution in [0.3, 0.4) is 0 Å². The lowest BCUT2D eigenvalue weighted by Gasteiger charge is -2.32. The molecular weight excluding hydrogens is 499 g/mol. The topological polar surface area (TPSA) is 137 Å². The van der Waals surface area contributed by atoms with Gasteiger partial charge in [-0.15, -0.1) is 0 Å². The van der Waals surface area contributed by atoms with E-state index in [1.165, 1.54) is 17.3 Å². The van der Waals surface area contributed by atoms with Crippen LogP contribution in [0.5, 0.6) is 0 Å². The van der Waals surface area contributed by atoms with E-state index in [0.717, 1.165) is 0 Å². The summed E-state index contributed by atoms with van der Waals surface area (Å²) < 4.78 is 43.8. The zero-order valence-electron chi connectivity index (χ0n) is 23.2. The van der Waals surface area contributed by atoms with Gasteiger partial charge in [-0.3, -0.25) is 4.79 Å². The number of ether oxygens (including phenoxy) is 1. The van der Waals surface area contributed by atoms with E-state index in [0.29, 0.717) is 5.46 Å². The maximum absolute atomic E-state index is 13.3. The molecule has 0 radical (unpaired) electrons. The Morgan fingerprint density at radius 2 is 1.68 bits per heavy atom. The molecule has 11 nitrogen and oxygen atoms in total. The van der Waals surface area contributed by atoms with Crippen molar-refractivity contribution < 1.29 is 32.1 Å². The van der Waals surface area contributed by atoms with E-state index in [1.807, 2.05) is 27.7 Å². The highest BCUT2D eigenvalue weighted by Gasteiger charge is 2.52. The molecule has 2 aliphatic heterocycles. The summed E-state index contributed by atoms with van der Waals surface area (Å²) in [5.74, 6) is -0.572. The van der Waals surface area contributed by atoms with Crippen molar-refractivity contribution in [2.45, 2.75) is 102 Å². The molecule has 1 aromatic rings. The Kier molecular flexibility index (Phi) is 8.04. The van der Waals surface area contributed by atoms with Crippen molar-refractivity contribution in [2.75, 3.05) is 13.1 Å². The number of sulfone groups is 1. The summed E-state index contributed by atoms with van der Waals surface area (Å²) >= 11 is 0. The van der Waals surface area contributed by atoms with E-state index in [1.54, 1.807) is 34.6 Å². The van der Waals surface area contributed by atoms with Crippen molar-refractivity contribution in [1.29, 1.82) is 0 Å². The third-order valence-corrected chi connectivity index (χ3v) is 8.91. The van der Waals surface area contributed by atoms with Crippen LogP contribution >= 0.6 is 0 Å². The average Bonchev–Trinajstić information content (AvgIpc) is 3.33. The van der Waals surface area contributed by atoms with Gasteiger partial charge in [0, 0.05) is 30.9 Å². The number of carbonyl (C=O) groups excluding carboxylic acids is 2. The maximum Gasteiger partial charge on any atom is 0.498 e. The minimum absolute atomic E-state index is 0.0112. The van der Waals surface area contributed by atoms with Crippen LogP contribution in [0.25, 0.3) is 0 Å². The Morgan fingerprint density at radius 1 is 1.14 bits per heavy atom. The van der Waals surface area contributed by atoms with Crippen molar-refractivity contribution in [3.63, 3.8) is 0 Å². The molecule has 3 heterocycles. The molecule has 1 aromatic heterocycles. The molecule has 3 rings (SSSR count). The number of nitrogens with zero attached hydrogens (tertiary/aromatic N) is 3. The predicted molar refractivity (Wildman–Crippen MR) is 138 cm³/mol. The van der Waals surface area contributed by atoms with Crippen molar-refractivity contribution in [2.24, 2.45) is 5.92 Å². The van der Waals surface area contributed by atoms with E-state index >= 15 is 0 Å². The highest BCUT2D eigenvalue weighted by Crippen LogP contribution is 2.36. The molecule has 2 amide bonds. The highest BCUT2D eigenvalue weighted by molar-refractivity contribution is 7.91. The number of amides is 2. The lowest BCUT2D eigenvalue weighted by Crippen LogP contribution is -2.52. The zero-order valence-corrected chi connectivity index (χ0v) is 24.0. The Hall–Kier alpha value is -2.25. The second-order valence-corrected chi connectivity index (χ2v) is 14.1. The van der Waals surface area contributed by atoms with Crippen molar-refractivity contribution in [3.05, 3.63) is 12.4 Å². The van der Waals surface area contributed by atoms with Gasteiger partial charge in [0.15, 0.2) is 0 Å². The summed E-state index contributed by atoms with van der Waals surface area (Å²) in [5.41, 5.74) is -1.28. The molecule has 0 spiro atoms. The van der Waals surface area contributed by atoms with Crippen LogP contribution < -0.4 is 10.8 Å². The standard InChI is InChI=1S/C24H39BN4O7S/c1-15(2)18(28-21(31)34-22(3,4)5)19(30)29-11-10-17(14-29)37(32,33)20-26-12-16(13-27-20)25-35-23(6,7)24(8,9)36-25/h12-13,15,17-18H,10-11,14H2,1-9H3,(H,28,31). The number of likely N-dealkylation sites (tertiary alicyclic amines) is 1. The first-order chi connectivity index (χ1) is 16.8. The fourth-order valence-corrected chi connectivity index (χ4v) is 5.54. The minimum Gasteiger partial charge on any atom is -0.444 e. The summed E-state index contributed by atoms with van der Waals surface area (Å²) in [5, 5.41) is 1.47. The number of hydrogen-bond acceptors (Lipinski definition) is 9. The van der Waals surface area contributed by atoms with Gasteiger partial charge in [0.1, 0.15) is 11.6 Å². The first-order valence-electron chi connectivity index (χ1n) is 12.5. The van der Waals surface area contributed by atoms with Gasteiger partial charge in [-0.1, -0.05) is 13.8 Å². The van der Waals surface area contributed by atoms with Crippen LogP contribution in [-0.4, -0.2) is 83.6 Å². The summed E-state index contributed by atoms with van der Waals surface area (Å²) in [6.45, 7) is 16.7. The molecule has 0 aromatic carbocycles. The lowest BCUT2D eigenvalue weighted by molar-refractivity contribution is -0.133. The molecule has 2 atom stereocenters. The van der Waals surface area contributed by atoms with Gasteiger partial charge in [-0.05, 0) is 60.8 Å². The molecule has 13 heteroatoms. The Balaban J connectivity index is 1.68. The second-order valence-electron chi connectivity index (χ2n) is 12.0. The van der Waals surface area contributed by atoms with Gasteiger partial charge >= 0.3 is 13.2 Å². The van der Waals surface area contributed by atoms with Gasteiger partial charge in [0.05, 0.1) is 16.5 Å². The SMILES string of the molecule is CC(C)C(NC(=O)OC(C)(C)C)C(=O)N1CCC(S(=O)(=O)c2ncc(B3OC(C)(C)C(C)(C)O3)cn2)C1. The number of aromatic nitrogens is 2.